The van der Waals surface area contributed by atoms with Crippen LogP contribution in [0.15, 0.2) is 83.8 Å². The molecule has 4 aromatic rings. The molecule has 0 fully saturated rings. The third kappa shape index (κ3) is 5.58. The standard InChI is InChI=1S/C25H24N2O4S2/c1-31-20-13-15-21(16-14-20)33(29,30)17-7-12-24(28)27(18-19-8-3-2-4-9-19)25-26-22-10-5-6-11-23(22)32-25/h2-6,8-11,13-16H,7,12,17-18H2,1H3. The number of hydrogen-bond acceptors (Lipinski definition) is 6. The van der Waals surface area contributed by atoms with Crippen LogP contribution >= 0.6 is 11.3 Å². The molecule has 0 aliphatic rings. The van der Waals surface area contributed by atoms with E-state index in [1.165, 1.54) is 30.6 Å². The first-order valence-electron chi connectivity index (χ1n) is 10.5. The summed E-state index contributed by atoms with van der Waals surface area (Å²) in [6, 6.07) is 23.7. The highest BCUT2D eigenvalue weighted by Gasteiger charge is 2.22. The van der Waals surface area contributed by atoms with Crippen LogP contribution in [-0.2, 0) is 21.2 Å². The van der Waals surface area contributed by atoms with Gasteiger partial charge in [-0.3, -0.25) is 9.69 Å². The van der Waals surface area contributed by atoms with Crippen molar-refractivity contribution in [2.24, 2.45) is 0 Å². The summed E-state index contributed by atoms with van der Waals surface area (Å²) < 4.78 is 31.5. The zero-order valence-corrected chi connectivity index (χ0v) is 19.8. The average molecular weight is 481 g/mol. The van der Waals surface area contributed by atoms with Crippen LogP contribution in [0.25, 0.3) is 10.2 Å². The van der Waals surface area contributed by atoms with Crippen molar-refractivity contribution in [3.63, 3.8) is 0 Å². The van der Waals surface area contributed by atoms with Gasteiger partial charge in [0.1, 0.15) is 5.75 Å². The molecule has 33 heavy (non-hydrogen) atoms. The molecule has 0 saturated carbocycles. The normalized spacial score (nSPS) is 11.4. The van der Waals surface area contributed by atoms with Crippen LogP contribution in [0, 0.1) is 0 Å². The monoisotopic (exact) mass is 480 g/mol. The number of benzene rings is 3. The number of carbonyl (C=O) groups excluding carboxylic acids is 1. The summed E-state index contributed by atoms with van der Waals surface area (Å²) in [5, 5.41) is 0.614. The minimum Gasteiger partial charge on any atom is -0.497 e. The molecule has 1 heterocycles. The molecule has 0 N–H and O–H groups in total. The van der Waals surface area contributed by atoms with Gasteiger partial charge >= 0.3 is 0 Å². The number of sulfone groups is 1. The topological polar surface area (TPSA) is 76.6 Å². The molecule has 4 rings (SSSR count). The molecule has 0 aliphatic heterocycles. The van der Waals surface area contributed by atoms with Crippen molar-refractivity contribution < 1.29 is 17.9 Å². The number of hydrogen-bond donors (Lipinski definition) is 0. The molecule has 0 atom stereocenters. The van der Waals surface area contributed by atoms with Crippen LogP contribution in [-0.4, -0.2) is 32.2 Å². The second-order valence-electron chi connectivity index (χ2n) is 7.53. The number of ether oxygens (including phenoxy) is 1. The van der Waals surface area contributed by atoms with E-state index in [1.807, 2.05) is 54.6 Å². The third-order valence-corrected chi connectivity index (χ3v) is 8.10. The zero-order chi connectivity index (χ0) is 23.3. The highest BCUT2D eigenvalue weighted by Crippen LogP contribution is 2.30. The van der Waals surface area contributed by atoms with Crippen LogP contribution in [0.3, 0.4) is 0 Å². The van der Waals surface area contributed by atoms with Gasteiger partial charge in [-0.25, -0.2) is 13.4 Å². The first-order valence-corrected chi connectivity index (χ1v) is 13.0. The van der Waals surface area contributed by atoms with E-state index < -0.39 is 9.84 Å². The van der Waals surface area contributed by atoms with E-state index in [0.29, 0.717) is 17.4 Å². The molecule has 1 aromatic heterocycles. The van der Waals surface area contributed by atoms with Gasteiger partial charge in [0.25, 0.3) is 0 Å². The molecule has 3 aromatic carbocycles. The van der Waals surface area contributed by atoms with Crippen LogP contribution in [0.1, 0.15) is 18.4 Å². The molecular weight excluding hydrogens is 456 g/mol. The maximum absolute atomic E-state index is 13.2. The van der Waals surface area contributed by atoms with Crippen LogP contribution in [0.5, 0.6) is 5.75 Å². The average Bonchev–Trinajstić information content (AvgIpc) is 3.27. The minimum absolute atomic E-state index is 0.107. The number of amides is 1. The van der Waals surface area contributed by atoms with E-state index in [9.17, 15) is 13.2 Å². The lowest BCUT2D eigenvalue weighted by Crippen LogP contribution is -2.30. The minimum atomic E-state index is -3.49. The van der Waals surface area contributed by atoms with E-state index in [0.717, 1.165) is 15.8 Å². The highest BCUT2D eigenvalue weighted by molar-refractivity contribution is 7.91. The smallest absolute Gasteiger partial charge is 0.229 e. The molecule has 0 radical (unpaired) electrons. The predicted molar refractivity (Wildman–Crippen MR) is 132 cm³/mol. The maximum atomic E-state index is 13.2. The van der Waals surface area contributed by atoms with E-state index >= 15 is 0 Å². The predicted octanol–water partition coefficient (Wildman–Crippen LogP) is 5.09. The Bertz CT molecular complexity index is 1300. The Kier molecular flexibility index (Phi) is 7.05. The fourth-order valence-electron chi connectivity index (χ4n) is 3.45. The van der Waals surface area contributed by atoms with E-state index in [1.54, 1.807) is 17.0 Å². The first kappa shape index (κ1) is 22.9. The summed E-state index contributed by atoms with van der Waals surface area (Å²) in [6.45, 7) is 0.380. The Labute approximate surface area is 197 Å². The molecule has 0 unspecified atom stereocenters. The van der Waals surface area contributed by atoms with Gasteiger partial charge in [-0.15, -0.1) is 0 Å². The third-order valence-electron chi connectivity index (χ3n) is 5.22. The molecular formula is C25H24N2O4S2. The van der Waals surface area contributed by atoms with Gasteiger partial charge in [-0.1, -0.05) is 53.8 Å². The Morgan fingerprint density at radius 3 is 2.36 bits per heavy atom. The summed E-state index contributed by atoms with van der Waals surface area (Å²) in [4.78, 5) is 19.7. The fraction of sp³-hybridized carbons (Fsp3) is 0.200. The Balaban J connectivity index is 1.48. The van der Waals surface area contributed by atoms with Gasteiger partial charge in [0.05, 0.1) is 34.5 Å². The van der Waals surface area contributed by atoms with Crippen molar-refractivity contribution in [3.05, 3.63) is 84.4 Å². The quantitative estimate of drug-likeness (QED) is 0.333. The fourth-order valence-corrected chi connectivity index (χ4v) is 5.75. The summed E-state index contributed by atoms with van der Waals surface area (Å²) >= 11 is 1.46. The Morgan fingerprint density at radius 2 is 1.67 bits per heavy atom. The summed E-state index contributed by atoms with van der Waals surface area (Å²) in [5.74, 6) is 0.337. The number of carbonyl (C=O) groups is 1. The molecule has 0 spiro atoms. The number of nitrogens with zero attached hydrogens (tertiary/aromatic N) is 2. The van der Waals surface area contributed by atoms with Crippen molar-refractivity contribution >= 4 is 42.4 Å². The van der Waals surface area contributed by atoms with Gasteiger partial charge in [0.15, 0.2) is 15.0 Å². The number of rotatable bonds is 9. The number of para-hydroxylation sites is 1. The molecule has 0 saturated heterocycles. The van der Waals surface area contributed by atoms with Gasteiger partial charge < -0.3 is 4.74 Å². The molecule has 1 amide bonds. The maximum Gasteiger partial charge on any atom is 0.229 e. The lowest BCUT2D eigenvalue weighted by molar-refractivity contribution is -0.118. The SMILES string of the molecule is COc1ccc(S(=O)(=O)CCCC(=O)N(Cc2ccccc2)c2nc3ccccc3s2)cc1. The Hall–Kier alpha value is -3.23. The molecule has 0 bridgehead atoms. The molecule has 8 heteroatoms. The first-order chi connectivity index (χ1) is 16.0. The number of fused-ring (bicyclic) bond motifs is 1. The number of aromatic nitrogens is 1. The van der Waals surface area contributed by atoms with E-state index in [-0.39, 0.29) is 29.4 Å². The van der Waals surface area contributed by atoms with Gasteiger partial charge in [0.2, 0.25) is 5.91 Å². The zero-order valence-electron chi connectivity index (χ0n) is 18.2. The van der Waals surface area contributed by atoms with Crippen molar-refractivity contribution in [1.82, 2.24) is 4.98 Å². The van der Waals surface area contributed by atoms with E-state index in [4.69, 9.17) is 4.74 Å². The lowest BCUT2D eigenvalue weighted by atomic mass is 10.2. The second-order valence-corrected chi connectivity index (χ2v) is 10.6. The summed E-state index contributed by atoms with van der Waals surface area (Å²) in [7, 11) is -1.96. The molecule has 0 aliphatic carbocycles. The van der Waals surface area contributed by atoms with Gasteiger partial charge in [-0.2, -0.15) is 0 Å². The van der Waals surface area contributed by atoms with Crippen molar-refractivity contribution in [3.8, 4) is 5.75 Å². The van der Waals surface area contributed by atoms with E-state index in [2.05, 4.69) is 4.98 Å². The molecule has 6 nitrogen and oxygen atoms in total. The summed E-state index contributed by atoms with van der Waals surface area (Å²) in [5.41, 5.74) is 1.82. The Morgan fingerprint density at radius 1 is 0.970 bits per heavy atom. The van der Waals surface area contributed by atoms with Crippen LogP contribution in [0.2, 0.25) is 0 Å². The van der Waals surface area contributed by atoms with Gasteiger partial charge in [-0.05, 0) is 48.4 Å². The van der Waals surface area contributed by atoms with Crippen LogP contribution < -0.4 is 9.64 Å². The summed E-state index contributed by atoms with van der Waals surface area (Å²) in [6.07, 6.45) is 0.335. The largest absolute Gasteiger partial charge is 0.497 e. The van der Waals surface area contributed by atoms with Crippen LogP contribution in [0.4, 0.5) is 5.13 Å². The number of methoxy groups -OCH3 is 1. The van der Waals surface area contributed by atoms with Gasteiger partial charge in [0, 0.05) is 6.42 Å². The highest BCUT2D eigenvalue weighted by atomic mass is 32.2. The van der Waals surface area contributed by atoms with Crippen molar-refractivity contribution in [2.75, 3.05) is 17.8 Å². The second kappa shape index (κ2) is 10.1. The lowest BCUT2D eigenvalue weighted by Gasteiger charge is -2.20. The van der Waals surface area contributed by atoms with Crippen molar-refractivity contribution in [1.29, 1.82) is 0 Å². The molecule has 170 valence electrons. The number of anilines is 1. The number of thiazole rings is 1. The van der Waals surface area contributed by atoms with Crippen molar-refractivity contribution in [2.45, 2.75) is 24.3 Å².